The number of carbonyl (C=O) groups excluding carboxylic acids is 1. The van der Waals surface area contributed by atoms with E-state index in [1.165, 1.54) is 0 Å². The summed E-state index contributed by atoms with van der Waals surface area (Å²) in [6, 6.07) is 13.4. The SMILES string of the molecule is CN1C(N)=N[C@](C)(c2cccc(-n3cnc4ccc(Cl)cc43)c2)CC1C=O. The van der Waals surface area contributed by atoms with Crippen LogP contribution in [-0.4, -0.2) is 39.8 Å². The van der Waals surface area contributed by atoms with Gasteiger partial charge < -0.3 is 15.4 Å². The number of hydrogen-bond donors (Lipinski definition) is 1. The molecule has 2 atom stereocenters. The van der Waals surface area contributed by atoms with Gasteiger partial charge in [0.2, 0.25) is 0 Å². The number of aromatic nitrogens is 2. The van der Waals surface area contributed by atoms with Crippen molar-refractivity contribution in [3.05, 3.63) is 59.4 Å². The Morgan fingerprint density at radius 3 is 2.89 bits per heavy atom. The second-order valence-electron chi connectivity index (χ2n) is 7.06. The number of fused-ring (bicyclic) bond motifs is 1. The van der Waals surface area contributed by atoms with Crippen LogP contribution in [0.4, 0.5) is 0 Å². The fourth-order valence-electron chi connectivity index (χ4n) is 3.59. The maximum absolute atomic E-state index is 11.5. The van der Waals surface area contributed by atoms with Crippen molar-refractivity contribution in [3.63, 3.8) is 0 Å². The van der Waals surface area contributed by atoms with Crippen LogP contribution in [0.1, 0.15) is 18.9 Å². The number of benzene rings is 2. The number of nitrogens with two attached hydrogens (primary N) is 1. The molecule has 2 aromatic carbocycles. The molecule has 2 N–H and O–H groups in total. The van der Waals surface area contributed by atoms with Crippen LogP contribution >= 0.6 is 11.6 Å². The van der Waals surface area contributed by atoms with Gasteiger partial charge in [-0.2, -0.15) is 0 Å². The van der Waals surface area contributed by atoms with E-state index in [-0.39, 0.29) is 6.04 Å². The first-order valence-electron chi connectivity index (χ1n) is 8.68. The van der Waals surface area contributed by atoms with Crippen LogP contribution in [0.25, 0.3) is 16.7 Å². The first-order valence-corrected chi connectivity index (χ1v) is 9.06. The second kappa shape index (κ2) is 6.39. The summed E-state index contributed by atoms with van der Waals surface area (Å²) in [5, 5.41) is 0.661. The highest BCUT2D eigenvalue weighted by Gasteiger charge is 2.36. The fourth-order valence-corrected chi connectivity index (χ4v) is 3.76. The molecular weight excluding hydrogens is 362 g/mol. The molecule has 1 aliphatic rings. The summed E-state index contributed by atoms with van der Waals surface area (Å²) >= 11 is 6.16. The van der Waals surface area contributed by atoms with E-state index in [2.05, 4.69) is 16.0 Å². The van der Waals surface area contributed by atoms with E-state index in [0.29, 0.717) is 17.4 Å². The summed E-state index contributed by atoms with van der Waals surface area (Å²) < 4.78 is 1.99. The summed E-state index contributed by atoms with van der Waals surface area (Å²) in [4.78, 5) is 22.3. The number of nitrogens with zero attached hydrogens (tertiary/aromatic N) is 4. The summed E-state index contributed by atoms with van der Waals surface area (Å²) in [5.41, 5.74) is 9.24. The standard InChI is InChI=1S/C20H20ClN5O/c1-20(10-16(11-27)25(2)19(22)24-20)13-4-3-5-15(8-13)26-12-23-17-7-6-14(21)9-18(17)26/h3-9,11-12,16H,10H2,1-2H3,(H2,22,24)/t16?,20-/m0/s1. The Balaban J connectivity index is 1.81. The number of guanidine groups is 1. The highest BCUT2D eigenvalue weighted by Crippen LogP contribution is 2.35. The molecule has 1 aromatic heterocycles. The summed E-state index contributed by atoms with van der Waals surface area (Å²) in [7, 11) is 1.79. The van der Waals surface area contributed by atoms with Gasteiger partial charge in [0, 0.05) is 24.2 Å². The van der Waals surface area contributed by atoms with Gasteiger partial charge in [-0.3, -0.25) is 4.57 Å². The van der Waals surface area contributed by atoms with E-state index in [9.17, 15) is 4.79 Å². The number of halogens is 1. The number of aldehydes is 1. The van der Waals surface area contributed by atoms with Crippen molar-refractivity contribution in [1.29, 1.82) is 0 Å². The molecule has 138 valence electrons. The van der Waals surface area contributed by atoms with E-state index < -0.39 is 5.54 Å². The normalized spacial score (nSPS) is 22.7. The average molecular weight is 382 g/mol. The van der Waals surface area contributed by atoms with Crippen LogP contribution in [0, 0.1) is 0 Å². The maximum Gasteiger partial charge on any atom is 0.192 e. The third-order valence-corrected chi connectivity index (χ3v) is 5.47. The lowest BCUT2D eigenvalue weighted by Crippen LogP contribution is -2.50. The van der Waals surface area contributed by atoms with Gasteiger partial charge >= 0.3 is 0 Å². The average Bonchev–Trinajstić information content (AvgIpc) is 3.08. The minimum Gasteiger partial charge on any atom is -0.370 e. The molecule has 0 fully saturated rings. The predicted molar refractivity (Wildman–Crippen MR) is 107 cm³/mol. The third-order valence-electron chi connectivity index (χ3n) is 5.24. The molecule has 0 amide bonds. The highest BCUT2D eigenvalue weighted by molar-refractivity contribution is 6.31. The predicted octanol–water partition coefficient (Wildman–Crippen LogP) is 3.11. The molecular formula is C20H20ClN5O. The first kappa shape index (κ1) is 17.5. The number of aliphatic imine (C=N–C) groups is 1. The van der Waals surface area contributed by atoms with Crippen molar-refractivity contribution < 1.29 is 4.79 Å². The lowest BCUT2D eigenvalue weighted by atomic mass is 9.84. The van der Waals surface area contributed by atoms with Crippen LogP contribution in [0.5, 0.6) is 0 Å². The maximum atomic E-state index is 11.5. The minimum atomic E-state index is -0.577. The smallest absolute Gasteiger partial charge is 0.192 e. The molecule has 3 aromatic rings. The molecule has 2 heterocycles. The molecule has 0 saturated heterocycles. The van der Waals surface area contributed by atoms with Gasteiger partial charge in [0.1, 0.15) is 12.6 Å². The van der Waals surface area contributed by atoms with Crippen LogP contribution in [0.15, 0.2) is 53.8 Å². The monoisotopic (exact) mass is 381 g/mol. The lowest BCUT2D eigenvalue weighted by Gasteiger charge is -2.39. The van der Waals surface area contributed by atoms with Crippen molar-refractivity contribution in [2.75, 3.05) is 7.05 Å². The molecule has 0 saturated carbocycles. The van der Waals surface area contributed by atoms with Crippen LogP contribution in [-0.2, 0) is 10.3 Å². The van der Waals surface area contributed by atoms with E-state index >= 15 is 0 Å². The highest BCUT2D eigenvalue weighted by atomic mass is 35.5. The minimum absolute atomic E-state index is 0.302. The Hall–Kier alpha value is -2.86. The quantitative estimate of drug-likeness (QED) is 0.707. The number of carbonyl (C=O) groups is 1. The van der Waals surface area contributed by atoms with E-state index in [1.54, 1.807) is 18.3 Å². The van der Waals surface area contributed by atoms with Gasteiger partial charge in [0.15, 0.2) is 5.96 Å². The number of imidazole rings is 1. The first-order chi connectivity index (χ1) is 12.9. The molecule has 27 heavy (non-hydrogen) atoms. The summed E-state index contributed by atoms with van der Waals surface area (Å²) in [5.74, 6) is 0.367. The number of rotatable bonds is 3. The van der Waals surface area contributed by atoms with Gasteiger partial charge in [0.05, 0.1) is 22.6 Å². The van der Waals surface area contributed by atoms with E-state index in [4.69, 9.17) is 17.3 Å². The Labute approximate surface area is 162 Å². The van der Waals surface area contributed by atoms with Crippen molar-refractivity contribution in [1.82, 2.24) is 14.5 Å². The Morgan fingerprint density at radius 2 is 2.11 bits per heavy atom. The van der Waals surface area contributed by atoms with Crippen LogP contribution < -0.4 is 5.73 Å². The zero-order valence-corrected chi connectivity index (χ0v) is 15.9. The molecule has 1 unspecified atom stereocenters. The molecule has 0 radical (unpaired) electrons. The molecule has 7 heteroatoms. The van der Waals surface area contributed by atoms with Gasteiger partial charge in [-0.05, 0) is 42.8 Å². The van der Waals surface area contributed by atoms with E-state index in [0.717, 1.165) is 28.6 Å². The van der Waals surface area contributed by atoms with Crippen molar-refractivity contribution >= 4 is 34.9 Å². The van der Waals surface area contributed by atoms with E-state index in [1.807, 2.05) is 47.9 Å². The van der Waals surface area contributed by atoms with Crippen LogP contribution in [0.2, 0.25) is 5.02 Å². The fraction of sp³-hybridized carbons (Fsp3) is 0.250. The van der Waals surface area contributed by atoms with Crippen molar-refractivity contribution in [2.45, 2.75) is 24.9 Å². The number of likely N-dealkylation sites (N-methyl/N-ethyl adjacent to an activating group) is 1. The molecule has 0 spiro atoms. The van der Waals surface area contributed by atoms with Gasteiger partial charge in [0.25, 0.3) is 0 Å². The Bertz CT molecular complexity index is 1060. The third kappa shape index (κ3) is 2.96. The van der Waals surface area contributed by atoms with Crippen LogP contribution in [0.3, 0.4) is 0 Å². The molecule has 0 aliphatic carbocycles. The molecule has 4 rings (SSSR count). The molecule has 0 bridgehead atoms. The summed E-state index contributed by atoms with van der Waals surface area (Å²) in [6.45, 7) is 2.01. The van der Waals surface area contributed by atoms with Gasteiger partial charge in [-0.15, -0.1) is 0 Å². The second-order valence-corrected chi connectivity index (χ2v) is 7.50. The van der Waals surface area contributed by atoms with Gasteiger partial charge in [-0.25, -0.2) is 9.98 Å². The van der Waals surface area contributed by atoms with Crippen molar-refractivity contribution in [3.8, 4) is 5.69 Å². The summed E-state index contributed by atoms with van der Waals surface area (Å²) in [6.07, 6.45) is 3.27. The topological polar surface area (TPSA) is 76.5 Å². The van der Waals surface area contributed by atoms with Crippen molar-refractivity contribution in [2.24, 2.45) is 10.7 Å². The Morgan fingerprint density at radius 1 is 1.30 bits per heavy atom. The van der Waals surface area contributed by atoms with Gasteiger partial charge in [-0.1, -0.05) is 23.7 Å². The number of hydrogen-bond acceptors (Lipinski definition) is 5. The zero-order valence-electron chi connectivity index (χ0n) is 15.1. The molecule has 6 nitrogen and oxygen atoms in total. The lowest BCUT2D eigenvalue weighted by molar-refractivity contribution is -0.111. The Kier molecular flexibility index (Phi) is 4.15. The zero-order chi connectivity index (χ0) is 19.2. The molecule has 1 aliphatic heterocycles. The largest absolute Gasteiger partial charge is 0.370 e.